The van der Waals surface area contributed by atoms with Crippen molar-refractivity contribution in [3.8, 4) is 5.75 Å². The van der Waals surface area contributed by atoms with E-state index in [1.165, 1.54) is 35.6 Å². The number of carbonyl (C=O) groups excluding carboxylic acids is 1. The molecule has 0 saturated carbocycles. The van der Waals surface area contributed by atoms with Crippen molar-refractivity contribution in [2.24, 2.45) is 0 Å². The van der Waals surface area contributed by atoms with Crippen molar-refractivity contribution < 1.29 is 23.8 Å². The molecule has 0 spiro atoms. The van der Waals surface area contributed by atoms with Crippen molar-refractivity contribution in [2.45, 2.75) is 12.5 Å². The van der Waals surface area contributed by atoms with Crippen LogP contribution in [0, 0.1) is 5.82 Å². The lowest BCUT2D eigenvalue weighted by Gasteiger charge is -2.15. The molecule has 1 heterocycles. The molecule has 1 atom stereocenters. The van der Waals surface area contributed by atoms with Crippen molar-refractivity contribution >= 4 is 23.2 Å². The second kappa shape index (κ2) is 7.56. The first-order valence-electron chi connectivity index (χ1n) is 6.47. The molecular formula is C15H14FNO4S. The predicted octanol–water partition coefficient (Wildman–Crippen LogP) is 2.60. The van der Waals surface area contributed by atoms with Gasteiger partial charge in [-0.25, -0.2) is 4.39 Å². The van der Waals surface area contributed by atoms with Crippen LogP contribution in [0.4, 0.5) is 4.39 Å². The molecule has 1 aromatic heterocycles. The number of carboxylic acids is 1. The number of halogens is 1. The van der Waals surface area contributed by atoms with Crippen molar-refractivity contribution in [2.75, 3.05) is 6.61 Å². The quantitative estimate of drug-likeness (QED) is 0.821. The van der Waals surface area contributed by atoms with Gasteiger partial charge in [-0.05, 0) is 23.6 Å². The Morgan fingerprint density at radius 3 is 2.77 bits per heavy atom. The van der Waals surface area contributed by atoms with Crippen LogP contribution in [0.5, 0.6) is 5.75 Å². The van der Waals surface area contributed by atoms with Gasteiger partial charge in [0, 0.05) is 10.9 Å². The normalized spacial score (nSPS) is 11.7. The number of nitrogens with one attached hydrogen (secondary N) is 1. The minimum atomic E-state index is -1.01. The summed E-state index contributed by atoms with van der Waals surface area (Å²) in [6.07, 6.45) is -0.216. The van der Waals surface area contributed by atoms with Crippen LogP contribution < -0.4 is 10.1 Å². The number of ether oxygens (including phenoxy) is 1. The van der Waals surface area contributed by atoms with Crippen LogP contribution in [0.25, 0.3) is 0 Å². The fraction of sp³-hybridized carbons (Fsp3) is 0.200. The molecule has 0 aliphatic carbocycles. The van der Waals surface area contributed by atoms with Gasteiger partial charge in [0.05, 0.1) is 12.5 Å². The van der Waals surface area contributed by atoms with Gasteiger partial charge in [0.15, 0.2) is 6.61 Å². The Morgan fingerprint density at radius 2 is 2.14 bits per heavy atom. The first kappa shape index (κ1) is 16.0. The number of benzene rings is 1. The van der Waals surface area contributed by atoms with Crippen molar-refractivity contribution in [3.05, 3.63) is 52.5 Å². The van der Waals surface area contributed by atoms with E-state index in [0.717, 1.165) is 4.88 Å². The fourth-order valence-corrected chi connectivity index (χ4v) is 2.61. The monoisotopic (exact) mass is 323 g/mol. The number of rotatable bonds is 7. The Morgan fingerprint density at radius 1 is 1.32 bits per heavy atom. The lowest BCUT2D eigenvalue weighted by molar-refractivity contribution is -0.137. The third kappa shape index (κ3) is 4.85. The molecule has 0 bridgehead atoms. The highest BCUT2D eigenvalue weighted by Gasteiger charge is 2.19. The lowest BCUT2D eigenvalue weighted by atomic mass is 10.1. The van der Waals surface area contributed by atoms with E-state index in [0.29, 0.717) is 0 Å². The van der Waals surface area contributed by atoms with Gasteiger partial charge in [0.25, 0.3) is 5.91 Å². The summed E-state index contributed by atoms with van der Waals surface area (Å²) >= 11 is 1.36. The maximum atomic E-state index is 13.0. The number of carboxylic acid groups (broad SMARTS) is 1. The lowest BCUT2D eigenvalue weighted by Crippen LogP contribution is -2.33. The standard InChI is InChI=1S/C15H14FNO4S/c16-10-3-1-4-11(7-10)21-9-14(18)17-12(8-15(19)20)13-5-2-6-22-13/h1-7,12H,8-9H2,(H,17,18)(H,19,20)/t12-/m0/s1. The summed E-state index contributed by atoms with van der Waals surface area (Å²) in [6, 6.07) is 8.37. The largest absolute Gasteiger partial charge is 0.484 e. The van der Waals surface area contributed by atoms with Gasteiger partial charge in [0.1, 0.15) is 11.6 Å². The smallest absolute Gasteiger partial charge is 0.305 e. The summed E-state index contributed by atoms with van der Waals surface area (Å²) in [5, 5.41) is 13.3. The molecule has 22 heavy (non-hydrogen) atoms. The van der Waals surface area contributed by atoms with Crippen LogP contribution in [-0.4, -0.2) is 23.6 Å². The van der Waals surface area contributed by atoms with Crippen LogP contribution in [0.1, 0.15) is 17.3 Å². The highest BCUT2D eigenvalue weighted by molar-refractivity contribution is 7.10. The number of hydrogen-bond acceptors (Lipinski definition) is 4. The van der Waals surface area contributed by atoms with Gasteiger partial charge in [0.2, 0.25) is 0 Å². The molecule has 116 valence electrons. The Balaban J connectivity index is 1.92. The van der Waals surface area contributed by atoms with E-state index in [4.69, 9.17) is 9.84 Å². The summed E-state index contributed by atoms with van der Waals surface area (Å²) < 4.78 is 18.2. The summed E-state index contributed by atoms with van der Waals surface area (Å²) in [5.41, 5.74) is 0. The van der Waals surface area contributed by atoms with Gasteiger partial charge in [-0.2, -0.15) is 0 Å². The number of carbonyl (C=O) groups is 2. The zero-order valence-corrected chi connectivity index (χ0v) is 12.3. The summed E-state index contributed by atoms with van der Waals surface area (Å²) in [5.74, 6) is -1.70. The molecule has 2 rings (SSSR count). The second-order valence-electron chi connectivity index (χ2n) is 4.48. The SMILES string of the molecule is O=C(O)C[C@H](NC(=O)COc1cccc(F)c1)c1cccs1. The van der Waals surface area contributed by atoms with Gasteiger partial charge in [-0.1, -0.05) is 12.1 Å². The van der Waals surface area contributed by atoms with Crippen LogP contribution >= 0.6 is 11.3 Å². The molecule has 5 nitrogen and oxygen atoms in total. The van der Waals surface area contributed by atoms with Crippen molar-refractivity contribution in [1.82, 2.24) is 5.32 Å². The van der Waals surface area contributed by atoms with Gasteiger partial charge in [-0.3, -0.25) is 9.59 Å². The molecule has 0 aliphatic rings. The van der Waals surface area contributed by atoms with Gasteiger partial charge in [-0.15, -0.1) is 11.3 Å². The fourth-order valence-electron chi connectivity index (χ4n) is 1.83. The summed E-state index contributed by atoms with van der Waals surface area (Å²) in [6.45, 7) is -0.315. The molecule has 0 saturated heterocycles. The zero-order valence-electron chi connectivity index (χ0n) is 11.5. The first-order chi connectivity index (χ1) is 10.5. The highest BCUT2D eigenvalue weighted by atomic mass is 32.1. The second-order valence-corrected chi connectivity index (χ2v) is 5.46. The maximum Gasteiger partial charge on any atom is 0.305 e. The van der Waals surface area contributed by atoms with Crippen molar-refractivity contribution in [1.29, 1.82) is 0 Å². The highest BCUT2D eigenvalue weighted by Crippen LogP contribution is 2.22. The molecule has 2 N–H and O–H groups in total. The molecule has 0 aliphatic heterocycles. The molecule has 2 aromatic rings. The molecule has 7 heteroatoms. The van der Waals surface area contributed by atoms with E-state index in [1.54, 1.807) is 17.5 Å². The molecule has 0 unspecified atom stereocenters. The first-order valence-corrected chi connectivity index (χ1v) is 7.35. The van der Waals surface area contributed by atoms with Crippen molar-refractivity contribution in [3.63, 3.8) is 0 Å². The van der Waals surface area contributed by atoms with Crippen LogP contribution in [0.2, 0.25) is 0 Å². The Kier molecular flexibility index (Phi) is 5.48. The minimum absolute atomic E-state index is 0.216. The Bertz CT molecular complexity index is 645. The number of hydrogen-bond donors (Lipinski definition) is 2. The molecule has 0 radical (unpaired) electrons. The number of amides is 1. The third-order valence-electron chi connectivity index (χ3n) is 2.77. The van der Waals surface area contributed by atoms with E-state index in [9.17, 15) is 14.0 Å². The van der Waals surface area contributed by atoms with E-state index in [-0.39, 0.29) is 18.8 Å². The van der Waals surface area contributed by atoms with E-state index >= 15 is 0 Å². The maximum absolute atomic E-state index is 13.0. The molecule has 1 amide bonds. The molecule has 0 fully saturated rings. The average Bonchev–Trinajstić information content (AvgIpc) is 2.98. The molecular weight excluding hydrogens is 309 g/mol. The zero-order chi connectivity index (χ0) is 15.9. The predicted molar refractivity (Wildman–Crippen MR) is 79.4 cm³/mol. The molecule has 1 aromatic carbocycles. The van der Waals surface area contributed by atoms with E-state index < -0.39 is 23.7 Å². The van der Waals surface area contributed by atoms with Crippen LogP contribution in [0.3, 0.4) is 0 Å². The Hall–Kier alpha value is -2.41. The summed E-state index contributed by atoms with van der Waals surface area (Å²) in [4.78, 5) is 23.5. The van der Waals surface area contributed by atoms with E-state index in [2.05, 4.69) is 5.32 Å². The van der Waals surface area contributed by atoms with Crippen LogP contribution in [-0.2, 0) is 9.59 Å². The van der Waals surface area contributed by atoms with Gasteiger partial charge < -0.3 is 15.2 Å². The third-order valence-corrected chi connectivity index (χ3v) is 3.75. The minimum Gasteiger partial charge on any atom is -0.484 e. The van der Waals surface area contributed by atoms with Crippen LogP contribution in [0.15, 0.2) is 41.8 Å². The number of aliphatic carboxylic acids is 1. The van der Waals surface area contributed by atoms with Gasteiger partial charge >= 0.3 is 5.97 Å². The topological polar surface area (TPSA) is 75.6 Å². The Labute approximate surface area is 130 Å². The van der Waals surface area contributed by atoms with E-state index in [1.807, 2.05) is 0 Å². The summed E-state index contributed by atoms with van der Waals surface area (Å²) in [7, 11) is 0. The number of thiophene rings is 1. The average molecular weight is 323 g/mol.